The lowest BCUT2D eigenvalue weighted by Crippen LogP contribution is -2.15. The molecule has 0 saturated carbocycles. The number of hydrogen-bond donors (Lipinski definition) is 1. The molecule has 0 saturated heterocycles. The normalized spacial score (nSPS) is 10.6. The largest absolute Gasteiger partial charge is 0.313 e. The number of unbranched alkanes of at least 4 members (excludes halogenated alkanes) is 2. The minimum absolute atomic E-state index is 0.197. The first-order valence-electron chi connectivity index (χ1n) is 6.27. The van der Waals surface area contributed by atoms with Gasteiger partial charge in [0.25, 0.3) is 5.69 Å². The molecule has 0 atom stereocenters. The van der Waals surface area contributed by atoms with E-state index in [-0.39, 0.29) is 5.69 Å². The average Bonchev–Trinajstić information content (AvgIpc) is 2.37. The lowest BCUT2D eigenvalue weighted by Gasteiger charge is -2.05. The van der Waals surface area contributed by atoms with Crippen molar-refractivity contribution in [3.63, 3.8) is 0 Å². The highest BCUT2D eigenvalue weighted by Gasteiger charge is 2.09. The standard InChI is InChI=1S/C13H19FN2O2S/c1-19-6-4-2-3-5-15-10-11-7-12(14)9-13(8-11)16(17)18/h7-9,15H,2-6,10H2,1H3. The van der Waals surface area contributed by atoms with Gasteiger partial charge in [0, 0.05) is 12.6 Å². The Labute approximate surface area is 116 Å². The van der Waals surface area contributed by atoms with Crippen LogP contribution in [-0.4, -0.2) is 23.5 Å². The maximum atomic E-state index is 13.2. The molecule has 1 rings (SSSR count). The molecule has 1 aromatic rings. The molecule has 1 N–H and O–H groups in total. The number of thioether (sulfide) groups is 1. The molecule has 0 aliphatic carbocycles. The highest BCUT2D eigenvalue weighted by molar-refractivity contribution is 7.98. The van der Waals surface area contributed by atoms with Crippen LogP contribution in [0.15, 0.2) is 18.2 Å². The van der Waals surface area contributed by atoms with Gasteiger partial charge in [-0.2, -0.15) is 11.8 Å². The van der Waals surface area contributed by atoms with E-state index in [9.17, 15) is 14.5 Å². The molecule has 0 amide bonds. The van der Waals surface area contributed by atoms with Crippen molar-refractivity contribution in [1.82, 2.24) is 5.32 Å². The fourth-order valence-electron chi connectivity index (χ4n) is 1.75. The van der Waals surface area contributed by atoms with E-state index >= 15 is 0 Å². The van der Waals surface area contributed by atoms with Crippen LogP contribution in [-0.2, 0) is 6.54 Å². The van der Waals surface area contributed by atoms with Gasteiger partial charge in [0.1, 0.15) is 5.82 Å². The Bertz CT molecular complexity index is 416. The third-order valence-corrected chi connectivity index (χ3v) is 3.38. The summed E-state index contributed by atoms with van der Waals surface area (Å²) in [5.74, 6) is 0.613. The first kappa shape index (κ1) is 15.9. The molecule has 19 heavy (non-hydrogen) atoms. The Balaban J connectivity index is 2.31. The zero-order valence-electron chi connectivity index (χ0n) is 11.0. The van der Waals surface area contributed by atoms with E-state index < -0.39 is 10.7 Å². The van der Waals surface area contributed by atoms with E-state index in [1.165, 1.54) is 24.3 Å². The van der Waals surface area contributed by atoms with Crippen LogP contribution in [0.1, 0.15) is 24.8 Å². The number of hydrogen-bond acceptors (Lipinski definition) is 4. The number of benzene rings is 1. The second kappa shape index (κ2) is 8.87. The molecule has 4 nitrogen and oxygen atoms in total. The molecule has 0 aliphatic heterocycles. The lowest BCUT2D eigenvalue weighted by molar-refractivity contribution is -0.385. The summed E-state index contributed by atoms with van der Waals surface area (Å²) in [6, 6.07) is 3.67. The van der Waals surface area contributed by atoms with Crippen LogP contribution in [0.3, 0.4) is 0 Å². The van der Waals surface area contributed by atoms with Crippen LogP contribution < -0.4 is 5.32 Å². The van der Waals surface area contributed by atoms with E-state index in [0.717, 1.165) is 25.5 Å². The van der Waals surface area contributed by atoms with Gasteiger partial charge in [-0.3, -0.25) is 10.1 Å². The van der Waals surface area contributed by atoms with Gasteiger partial charge in [-0.25, -0.2) is 4.39 Å². The van der Waals surface area contributed by atoms with Crippen LogP contribution in [0.25, 0.3) is 0 Å². The van der Waals surface area contributed by atoms with Gasteiger partial charge in [-0.1, -0.05) is 6.42 Å². The van der Waals surface area contributed by atoms with Crippen molar-refractivity contribution in [2.24, 2.45) is 0 Å². The van der Waals surface area contributed by atoms with Crippen LogP contribution in [0.5, 0.6) is 0 Å². The topological polar surface area (TPSA) is 55.2 Å². The number of nitrogens with zero attached hydrogens (tertiary/aromatic N) is 1. The Morgan fingerprint density at radius 3 is 2.79 bits per heavy atom. The van der Waals surface area contributed by atoms with Crippen molar-refractivity contribution >= 4 is 17.4 Å². The Hall–Kier alpha value is -1.14. The van der Waals surface area contributed by atoms with Crippen molar-refractivity contribution in [1.29, 1.82) is 0 Å². The lowest BCUT2D eigenvalue weighted by atomic mass is 10.2. The quantitative estimate of drug-likeness (QED) is 0.429. The smallest absolute Gasteiger partial charge is 0.272 e. The summed E-state index contributed by atoms with van der Waals surface area (Å²) in [6.07, 6.45) is 5.53. The van der Waals surface area contributed by atoms with E-state index in [0.29, 0.717) is 12.1 Å². The van der Waals surface area contributed by atoms with Crippen LogP contribution in [0.4, 0.5) is 10.1 Å². The summed E-state index contributed by atoms with van der Waals surface area (Å²) in [4.78, 5) is 10.0. The molecule has 0 aromatic heterocycles. The molecule has 0 bridgehead atoms. The first-order valence-corrected chi connectivity index (χ1v) is 7.66. The Morgan fingerprint density at radius 2 is 2.11 bits per heavy atom. The van der Waals surface area contributed by atoms with Gasteiger partial charge in [0.15, 0.2) is 0 Å². The molecule has 0 radical (unpaired) electrons. The minimum Gasteiger partial charge on any atom is -0.313 e. The molecule has 0 unspecified atom stereocenters. The van der Waals surface area contributed by atoms with E-state index in [1.54, 1.807) is 0 Å². The zero-order valence-corrected chi connectivity index (χ0v) is 11.8. The van der Waals surface area contributed by atoms with Crippen LogP contribution >= 0.6 is 11.8 Å². The van der Waals surface area contributed by atoms with Crippen LogP contribution in [0.2, 0.25) is 0 Å². The fourth-order valence-corrected chi connectivity index (χ4v) is 2.24. The monoisotopic (exact) mass is 286 g/mol. The summed E-state index contributed by atoms with van der Waals surface area (Å²) in [7, 11) is 0. The number of nitro benzene ring substituents is 1. The molecule has 106 valence electrons. The van der Waals surface area contributed by atoms with E-state index in [4.69, 9.17) is 0 Å². The molecular formula is C13H19FN2O2S. The summed E-state index contributed by atoms with van der Waals surface area (Å²) in [6.45, 7) is 1.31. The molecule has 0 fully saturated rings. The Kier molecular flexibility index (Phi) is 7.43. The summed E-state index contributed by atoms with van der Waals surface area (Å²) >= 11 is 1.84. The molecular weight excluding hydrogens is 267 g/mol. The van der Waals surface area contributed by atoms with Gasteiger partial charge >= 0.3 is 0 Å². The van der Waals surface area contributed by atoms with Crippen molar-refractivity contribution in [2.75, 3.05) is 18.6 Å². The maximum absolute atomic E-state index is 13.2. The van der Waals surface area contributed by atoms with Gasteiger partial charge in [0.05, 0.1) is 11.0 Å². The second-order valence-corrected chi connectivity index (χ2v) is 5.29. The predicted molar refractivity (Wildman–Crippen MR) is 77.0 cm³/mol. The summed E-state index contributed by atoms with van der Waals surface area (Å²) in [5, 5.41) is 13.8. The number of rotatable bonds is 9. The van der Waals surface area contributed by atoms with Gasteiger partial charge in [-0.15, -0.1) is 0 Å². The second-order valence-electron chi connectivity index (χ2n) is 4.31. The van der Waals surface area contributed by atoms with Gasteiger partial charge in [-0.05, 0) is 43.0 Å². The zero-order chi connectivity index (χ0) is 14.1. The number of nitro groups is 1. The SMILES string of the molecule is CSCCCCCNCc1cc(F)cc([N+](=O)[O-])c1. The molecule has 6 heteroatoms. The molecule has 0 aliphatic rings. The van der Waals surface area contributed by atoms with Crippen molar-refractivity contribution < 1.29 is 9.31 Å². The third-order valence-electron chi connectivity index (χ3n) is 2.68. The first-order chi connectivity index (χ1) is 9.13. The number of halogens is 1. The molecule has 0 heterocycles. The minimum atomic E-state index is -0.574. The molecule has 0 spiro atoms. The third kappa shape index (κ3) is 6.54. The molecule has 1 aromatic carbocycles. The predicted octanol–water partition coefficient (Wildman–Crippen LogP) is 3.36. The number of non-ortho nitro benzene ring substituents is 1. The van der Waals surface area contributed by atoms with Gasteiger partial charge < -0.3 is 5.32 Å². The van der Waals surface area contributed by atoms with Crippen molar-refractivity contribution in [3.05, 3.63) is 39.7 Å². The Morgan fingerprint density at radius 1 is 1.32 bits per heavy atom. The fraction of sp³-hybridized carbons (Fsp3) is 0.538. The number of nitrogens with one attached hydrogen (secondary N) is 1. The van der Waals surface area contributed by atoms with Crippen molar-refractivity contribution in [3.8, 4) is 0 Å². The summed E-state index contributed by atoms with van der Waals surface area (Å²) < 4.78 is 13.2. The van der Waals surface area contributed by atoms with Crippen LogP contribution in [0, 0.1) is 15.9 Å². The highest BCUT2D eigenvalue weighted by Crippen LogP contribution is 2.16. The van der Waals surface area contributed by atoms with Gasteiger partial charge in [0.2, 0.25) is 0 Å². The highest BCUT2D eigenvalue weighted by atomic mass is 32.2. The average molecular weight is 286 g/mol. The summed E-state index contributed by atoms with van der Waals surface area (Å²) in [5.41, 5.74) is 0.410. The maximum Gasteiger partial charge on any atom is 0.272 e. The van der Waals surface area contributed by atoms with E-state index in [1.807, 2.05) is 11.8 Å². The van der Waals surface area contributed by atoms with E-state index in [2.05, 4.69) is 11.6 Å². The van der Waals surface area contributed by atoms with Crippen molar-refractivity contribution in [2.45, 2.75) is 25.8 Å².